The lowest BCUT2D eigenvalue weighted by Crippen LogP contribution is -2.38. The second-order valence-corrected chi connectivity index (χ2v) is 7.27. The maximum atomic E-state index is 12.8. The molecule has 0 bridgehead atoms. The largest absolute Gasteiger partial charge is 0.390 e. The van der Waals surface area contributed by atoms with Crippen LogP contribution in [0.5, 0.6) is 0 Å². The van der Waals surface area contributed by atoms with E-state index in [-0.39, 0.29) is 24.9 Å². The van der Waals surface area contributed by atoms with E-state index >= 15 is 0 Å². The van der Waals surface area contributed by atoms with E-state index in [1.54, 1.807) is 0 Å². The number of sulfonamides is 1. The molecule has 1 aliphatic heterocycles. The molecule has 0 aliphatic carbocycles. The zero-order valence-corrected chi connectivity index (χ0v) is 12.3. The van der Waals surface area contributed by atoms with E-state index in [0.717, 1.165) is 0 Å². The standard InChI is InChI=1S/C13H19FN2O3S/c1-15(2)12-7-16(8-13(12)17)20(18,19)9-10-3-5-11(14)6-4-10/h3-6,12-13,17H,7-9H2,1-2H3/t12-,13-/m0/s1. The Kier molecular flexibility index (Phi) is 4.43. The van der Waals surface area contributed by atoms with Crippen molar-refractivity contribution in [1.82, 2.24) is 9.21 Å². The Labute approximate surface area is 118 Å². The van der Waals surface area contributed by atoms with Gasteiger partial charge in [0.15, 0.2) is 0 Å². The zero-order valence-electron chi connectivity index (χ0n) is 11.5. The topological polar surface area (TPSA) is 60.9 Å². The number of aliphatic hydroxyl groups excluding tert-OH is 1. The molecule has 2 rings (SSSR count). The van der Waals surface area contributed by atoms with Crippen LogP contribution in [0.3, 0.4) is 0 Å². The number of rotatable bonds is 4. The predicted molar refractivity (Wildman–Crippen MR) is 74.1 cm³/mol. The number of benzene rings is 1. The van der Waals surface area contributed by atoms with Crippen LogP contribution >= 0.6 is 0 Å². The molecule has 20 heavy (non-hydrogen) atoms. The van der Waals surface area contributed by atoms with Crippen molar-refractivity contribution in [3.63, 3.8) is 0 Å². The summed E-state index contributed by atoms with van der Waals surface area (Å²) in [6.45, 7) is 0.379. The molecule has 1 fully saturated rings. The molecule has 0 spiro atoms. The van der Waals surface area contributed by atoms with Gasteiger partial charge in [0.05, 0.1) is 17.9 Å². The van der Waals surface area contributed by atoms with E-state index in [0.29, 0.717) is 5.56 Å². The van der Waals surface area contributed by atoms with E-state index in [1.165, 1.54) is 28.6 Å². The van der Waals surface area contributed by atoms with Gasteiger partial charge < -0.3 is 10.0 Å². The summed E-state index contributed by atoms with van der Waals surface area (Å²) < 4.78 is 38.7. The van der Waals surface area contributed by atoms with Crippen molar-refractivity contribution in [1.29, 1.82) is 0 Å². The van der Waals surface area contributed by atoms with Crippen LogP contribution in [-0.2, 0) is 15.8 Å². The number of likely N-dealkylation sites (N-methyl/N-ethyl adjacent to an activating group) is 1. The summed E-state index contributed by atoms with van der Waals surface area (Å²) in [5.74, 6) is -0.574. The minimum Gasteiger partial charge on any atom is -0.390 e. The minimum atomic E-state index is -3.50. The molecule has 1 aliphatic rings. The molecule has 1 aromatic carbocycles. The highest BCUT2D eigenvalue weighted by Crippen LogP contribution is 2.20. The lowest BCUT2D eigenvalue weighted by molar-refractivity contribution is 0.113. The highest BCUT2D eigenvalue weighted by Gasteiger charge is 2.38. The number of hydrogen-bond acceptors (Lipinski definition) is 4. The first kappa shape index (κ1) is 15.4. The lowest BCUT2D eigenvalue weighted by Gasteiger charge is -2.21. The molecule has 112 valence electrons. The summed E-state index contributed by atoms with van der Waals surface area (Å²) in [7, 11) is 0.118. The third-order valence-corrected chi connectivity index (χ3v) is 5.33. The predicted octanol–water partition coefficient (Wildman–Crippen LogP) is 0.262. The molecule has 1 N–H and O–H groups in total. The molecule has 0 saturated carbocycles. The van der Waals surface area contributed by atoms with Crippen molar-refractivity contribution >= 4 is 10.0 Å². The minimum absolute atomic E-state index is 0.104. The lowest BCUT2D eigenvalue weighted by atomic mass is 10.2. The third kappa shape index (κ3) is 3.35. The highest BCUT2D eigenvalue weighted by molar-refractivity contribution is 7.88. The van der Waals surface area contributed by atoms with Crippen molar-refractivity contribution in [2.75, 3.05) is 27.2 Å². The SMILES string of the molecule is CN(C)[C@H]1CN(S(=O)(=O)Cc2ccc(F)cc2)C[C@@H]1O. The molecular formula is C13H19FN2O3S. The van der Waals surface area contributed by atoms with Gasteiger partial charge in [-0.2, -0.15) is 4.31 Å². The first-order valence-corrected chi connectivity index (χ1v) is 7.97. The maximum Gasteiger partial charge on any atom is 0.218 e. The normalized spacial score (nSPS) is 24.4. The van der Waals surface area contributed by atoms with Crippen LogP contribution in [0, 0.1) is 5.82 Å². The summed E-state index contributed by atoms with van der Waals surface area (Å²) in [6, 6.07) is 5.21. The molecule has 0 aromatic heterocycles. The van der Waals surface area contributed by atoms with Gasteiger partial charge in [-0.1, -0.05) is 12.1 Å². The fraction of sp³-hybridized carbons (Fsp3) is 0.538. The summed E-state index contributed by atoms with van der Waals surface area (Å²) in [5, 5.41) is 9.90. The van der Waals surface area contributed by atoms with Gasteiger partial charge in [-0.3, -0.25) is 0 Å². The van der Waals surface area contributed by atoms with Crippen LogP contribution in [-0.4, -0.2) is 62.1 Å². The zero-order chi connectivity index (χ0) is 14.9. The van der Waals surface area contributed by atoms with E-state index in [2.05, 4.69) is 0 Å². The van der Waals surface area contributed by atoms with Crippen molar-refractivity contribution in [2.45, 2.75) is 17.9 Å². The Morgan fingerprint density at radius 1 is 1.30 bits per heavy atom. The van der Waals surface area contributed by atoms with Gasteiger partial charge in [-0.15, -0.1) is 0 Å². The van der Waals surface area contributed by atoms with E-state index < -0.39 is 21.9 Å². The van der Waals surface area contributed by atoms with Crippen LogP contribution in [0.1, 0.15) is 5.56 Å². The van der Waals surface area contributed by atoms with Crippen LogP contribution in [0.15, 0.2) is 24.3 Å². The van der Waals surface area contributed by atoms with Crippen molar-refractivity contribution in [2.24, 2.45) is 0 Å². The van der Waals surface area contributed by atoms with E-state index in [4.69, 9.17) is 0 Å². The molecule has 0 amide bonds. The number of β-amino-alcohol motifs (C(OH)–C–C–N with tert-alkyl or cyclic N) is 1. The number of aliphatic hydroxyl groups is 1. The first-order chi connectivity index (χ1) is 9.29. The van der Waals surface area contributed by atoms with Gasteiger partial charge in [0.1, 0.15) is 5.82 Å². The number of halogens is 1. The fourth-order valence-electron chi connectivity index (χ4n) is 2.35. The molecule has 1 saturated heterocycles. The number of hydrogen-bond donors (Lipinski definition) is 1. The van der Waals surface area contributed by atoms with Gasteiger partial charge in [0.25, 0.3) is 0 Å². The Balaban J connectivity index is 2.10. The van der Waals surface area contributed by atoms with Gasteiger partial charge in [-0.25, -0.2) is 12.8 Å². The Morgan fingerprint density at radius 2 is 1.90 bits per heavy atom. The van der Waals surface area contributed by atoms with Gasteiger partial charge in [0, 0.05) is 13.1 Å². The average Bonchev–Trinajstić information content (AvgIpc) is 2.75. The molecule has 7 heteroatoms. The summed E-state index contributed by atoms with van der Waals surface area (Å²) in [6.07, 6.45) is -0.687. The smallest absolute Gasteiger partial charge is 0.218 e. The van der Waals surface area contributed by atoms with Gasteiger partial charge in [-0.05, 0) is 31.8 Å². The molecule has 1 heterocycles. The summed E-state index contributed by atoms with van der Waals surface area (Å²) >= 11 is 0. The average molecular weight is 302 g/mol. The molecule has 5 nitrogen and oxygen atoms in total. The molecule has 2 atom stereocenters. The fourth-order valence-corrected chi connectivity index (χ4v) is 3.91. The Hall–Kier alpha value is -1.02. The monoisotopic (exact) mass is 302 g/mol. The number of nitrogens with zero attached hydrogens (tertiary/aromatic N) is 2. The summed E-state index contributed by atoms with van der Waals surface area (Å²) in [4.78, 5) is 1.82. The molecular weight excluding hydrogens is 283 g/mol. The second-order valence-electron chi connectivity index (χ2n) is 5.30. The highest BCUT2D eigenvalue weighted by atomic mass is 32.2. The van der Waals surface area contributed by atoms with Crippen LogP contribution in [0.25, 0.3) is 0 Å². The van der Waals surface area contributed by atoms with Crippen LogP contribution in [0.2, 0.25) is 0 Å². The van der Waals surface area contributed by atoms with E-state index in [1.807, 2.05) is 19.0 Å². The third-order valence-electron chi connectivity index (χ3n) is 3.54. The maximum absolute atomic E-state index is 12.8. The Morgan fingerprint density at radius 3 is 2.40 bits per heavy atom. The van der Waals surface area contributed by atoms with Crippen molar-refractivity contribution in [3.8, 4) is 0 Å². The van der Waals surface area contributed by atoms with Crippen molar-refractivity contribution in [3.05, 3.63) is 35.6 Å². The molecule has 0 radical (unpaired) electrons. The first-order valence-electron chi connectivity index (χ1n) is 6.36. The molecule has 1 aromatic rings. The van der Waals surface area contributed by atoms with Crippen molar-refractivity contribution < 1.29 is 17.9 Å². The second kappa shape index (κ2) is 5.77. The van der Waals surface area contributed by atoms with Gasteiger partial charge >= 0.3 is 0 Å². The summed E-state index contributed by atoms with van der Waals surface area (Å²) in [5.41, 5.74) is 0.536. The van der Waals surface area contributed by atoms with Gasteiger partial charge in [0.2, 0.25) is 10.0 Å². The van der Waals surface area contributed by atoms with E-state index in [9.17, 15) is 17.9 Å². The van der Waals surface area contributed by atoms with Crippen LogP contribution < -0.4 is 0 Å². The van der Waals surface area contributed by atoms with Crippen LogP contribution in [0.4, 0.5) is 4.39 Å². The Bertz CT molecular complexity index is 559. The molecule has 0 unspecified atom stereocenters. The quantitative estimate of drug-likeness (QED) is 0.867.